The highest BCUT2D eigenvalue weighted by Crippen LogP contribution is 2.42. The van der Waals surface area contributed by atoms with Gasteiger partial charge in [-0.2, -0.15) is 35.7 Å². The minimum absolute atomic E-state index is 0.116. The minimum Gasteiger partial charge on any atom is -0.484 e. The van der Waals surface area contributed by atoms with Crippen LogP contribution in [0.25, 0.3) is 223 Å². The van der Waals surface area contributed by atoms with Crippen molar-refractivity contribution in [2.24, 2.45) is 21.1 Å². The molecule has 0 saturated heterocycles. The number of anilines is 1. The Morgan fingerprint density at radius 3 is 1.37 bits per heavy atom. The number of aromatic amines is 8. The molecule has 32 heteroatoms. The van der Waals surface area contributed by atoms with Gasteiger partial charge < -0.3 is 30.0 Å². The van der Waals surface area contributed by atoms with Crippen molar-refractivity contribution in [3.8, 4) is 141 Å². The lowest BCUT2D eigenvalue weighted by atomic mass is 10.0. The second kappa shape index (κ2) is 32.8. The third-order valence-electron chi connectivity index (χ3n) is 26.0. The quantitative estimate of drug-likeness (QED) is 0.0681. The number of hydrogen-bond donors (Lipinski definition) is 9. The average molecular weight is 1800 g/mol. The van der Waals surface area contributed by atoms with Gasteiger partial charge in [0.2, 0.25) is 0 Å². The molecule has 28 rings (SSSR count). The van der Waals surface area contributed by atoms with Crippen LogP contribution in [0.3, 0.4) is 0 Å². The van der Waals surface area contributed by atoms with E-state index in [1.165, 1.54) is 16.7 Å². The Kier molecular flexibility index (Phi) is 19.5. The zero-order valence-corrected chi connectivity index (χ0v) is 75.0. The van der Waals surface area contributed by atoms with Crippen LogP contribution in [0.5, 0.6) is 5.75 Å². The van der Waals surface area contributed by atoms with Gasteiger partial charge in [0.15, 0.2) is 41.2 Å². The van der Waals surface area contributed by atoms with E-state index in [1.807, 2.05) is 139 Å². The summed E-state index contributed by atoms with van der Waals surface area (Å²) in [6.45, 7) is 4.61. The van der Waals surface area contributed by atoms with Gasteiger partial charge in [0.1, 0.15) is 28.3 Å². The van der Waals surface area contributed by atoms with Crippen LogP contribution in [-0.4, -0.2) is 178 Å². The number of fused-ring (bicyclic) bond motifs is 33. The molecule has 137 heavy (non-hydrogen) atoms. The smallest absolute Gasteiger partial charge is 0.262 e. The Bertz CT molecular complexity index is 8320. The molecule has 1 amide bonds. The Labute approximate surface area is 779 Å². The van der Waals surface area contributed by atoms with E-state index in [-0.39, 0.29) is 12.5 Å². The molecule has 4 aliphatic heterocycles. The van der Waals surface area contributed by atoms with Crippen LogP contribution in [-0.2, 0) is 65.2 Å². The number of aryl methyl sites for hydroxylation is 3. The first kappa shape index (κ1) is 81.1. The van der Waals surface area contributed by atoms with Crippen LogP contribution in [0.1, 0.15) is 33.8 Å². The van der Waals surface area contributed by atoms with Crippen molar-refractivity contribution >= 4 is 99.6 Å². The third kappa shape index (κ3) is 14.8. The van der Waals surface area contributed by atoms with Crippen LogP contribution >= 0.6 is 0 Å². The Balaban J connectivity index is 0.0000000970. The maximum absolute atomic E-state index is 12.6. The van der Waals surface area contributed by atoms with Gasteiger partial charge in [0.25, 0.3) is 5.91 Å². The van der Waals surface area contributed by atoms with E-state index in [0.29, 0.717) is 34.4 Å². The second-order valence-electron chi connectivity index (χ2n) is 35.4. The molecule has 19 heterocycles. The van der Waals surface area contributed by atoms with Crippen molar-refractivity contribution < 1.29 is 9.53 Å². The minimum atomic E-state index is -0.262. The number of rotatable bonds is 0. The highest BCUT2D eigenvalue weighted by molar-refractivity contribution is 6.04. The van der Waals surface area contributed by atoms with E-state index in [2.05, 4.69) is 273 Å². The molecule has 666 valence electrons. The summed E-state index contributed by atoms with van der Waals surface area (Å²) in [5.74, 6) is 3.21. The molecule has 0 unspecified atom stereocenters. The van der Waals surface area contributed by atoms with Crippen LogP contribution in [0.2, 0.25) is 0 Å². The fourth-order valence-corrected chi connectivity index (χ4v) is 19.3. The number of hydrogen-bond acceptors (Lipinski definition) is 20. The first-order valence-electron chi connectivity index (χ1n) is 45.0. The number of imidazole rings is 4. The number of benzene rings is 9. The van der Waals surface area contributed by atoms with Crippen molar-refractivity contribution in [3.63, 3.8) is 0 Å². The molecule has 32 nitrogen and oxygen atoms in total. The number of carbonyl (C=O) groups is 1. The van der Waals surface area contributed by atoms with Gasteiger partial charge in [0.05, 0.1) is 131 Å². The number of nitrogens with zero attached hydrogens (tertiary/aromatic N) is 21. The van der Waals surface area contributed by atoms with Crippen LogP contribution in [0.15, 0.2) is 262 Å². The molecule has 15 aromatic heterocycles. The number of pyridine rings is 4. The number of nitrogens with one attached hydrogen (secondary N) is 9. The normalized spacial score (nSPS) is 13.6. The summed E-state index contributed by atoms with van der Waals surface area (Å²) in [6.07, 6.45) is 12.8. The first-order chi connectivity index (χ1) is 67.1. The molecule has 9 N–H and O–H groups in total. The number of carbonyl (C=O) groups excluding carboxylic acids is 1. The number of aromatic nitrogens is 26. The first-order valence-corrected chi connectivity index (χ1v) is 45.0. The highest BCUT2D eigenvalue weighted by Gasteiger charge is 2.28. The lowest BCUT2D eigenvalue weighted by Gasteiger charge is -2.19. The molecule has 0 atom stereocenters. The summed E-state index contributed by atoms with van der Waals surface area (Å²) in [7, 11) is 12.4. The average Bonchev–Trinajstić information content (AvgIpc) is 1.64. The molecule has 0 aliphatic carbocycles. The van der Waals surface area contributed by atoms with Gasteiger partial charge in [-0.25, -0.2) is 29.9 Å². The molecule has 0 saturated carbocycles. The summed E-state index contributed by atoms with van der Waals surface area (Å²) in [4.78, 5) is 72.0. The predicted octanol–water partition coefficient (Wildman–Crippen LogP) is 18.7. The lowest BCUT2D eigenvalue weighted by molar-refractivity contribution is -0.118. The summed E-state index contributed by atoms with van der Waals surface area (Å²) >= 11 is 0. The molecule has 26 bridgehead atoms. The molecular weight excluding hydrogens is 1710 g/mol. The van der Waals surface area contributed by atoms with Crippen molar-refractivity contribution in [1.29, 1.82) is 0 Å². The highest BCUT2D eigenvalue weighted by atomic mass is 16.5. The molecule has 9 aromatic carbocycles. The van der Waals surface area contributed by atoms with Crippen molar-refractivity contribution in [3.05, 3.63) is 296 Å². The van der Waals surface area contributed by atoms with Gasteiger partial charge >= 0.3 is 0 Å². The van der Waals surface area contributed by atoms with Crippen LogP contribution < -0.4 is 10.1 Å². The van der Waals surface area contributed by atoms with Gasteiger partial charge in [-0.3, -0.25) is 63.9 Å². The fourth-order valence-electron chi connectivity index (χ4n) is 19.3. The predicted molar refractivity (Wildman–Crippen MR) is 529 cm³/mol. The number of ether oxygens (including phenoxy) is 1. The Morgan fingerprint density at radius 2 is 0.788 bits per heavy atom. The largest absolute Gasteiger partial charge is 0.484 e. The summed E-state index contributed by atoms with van der Waals surface area (Å²) in [6, 6.07) is 74.7. The van der Waals surface area contributed by atoms with E-state index < -0.39 is 0 Å². The third-order valence-corrected chi connectivity index (χ3v) is 26.0. The Hall–Kier alpha value is -17.9. The second-order valence-corrected chi connectivity index (χ2v) is 35.4. The summed E-state index contributed by atoms with van der Waals surface area (Å²) in [5.41, 5.74) is 38.7. The monoisotopic (exact) mass is 1800 g/mol. The van der Waals surface area contributed by atoms with Gasteiger partial charge in [0, 0.05) is 134 Å². The standard InChI is InChI=1S/C27H18N6O2.3C26H22N8/c34-24-14-35-19-4-1-3-16(10-19)20-5-2-6-23-25(20)31-27(30-23)26-21-11-15(7-8-22(21)32-33-26)17-9-18(29-24)13-28-12-17;1-33-13-15-5-3-6-16(9-15)18-7-4-8-21-23(18)30-26(29-21)24-19-10-17(11-27-25(19)32-31-24)20-12-28-34(2)22(20)14-33;1-33-13-15-5-3-6-16(9-15)17-7-4-8-20-24(17)30-26(29-20)25-18-10-21(27-12-22(18)31-32-25)19-11-28-34(2)23(19)14-33;1-33-13-15-5-3-6-16(11-15)17-7-4-8-20-23(17)30-26(29-20)25-24-21(31-32-25)10-9-19(28-24)18-12-27-34(2)22(18)14-33/h1-13H,14H2,(H,29,34)(H,30,31)(H,32,33);3-12H,13-14H2,1-2H3,(H,29,30)(H,27,31,32);2*3-12H,13-14H2,1-2H3,(H,29,30)(H,31,32). The molecule has 24 aromatic rings. The topological polar surface area (TPSA) is 383 Å². The fraction of sp³-hybridized carbons (Fsp3) is 0.124. The van der Waals surface area contributed by atoms with Crippen molar-refractivity contribution in [2.75, 3.05) is 33.1 Å². The zero-order chi connectivity index (χ0) is 91.8. The molecule has 0 fully saturated rings. The molecular formula is C105H84N30O2. The molecule has 0 spiro atoms. The summed E-state index contributed by atoms with van der Waals surface area (Å²) in [5, 5.41) is 50.0. The molecule has 4 aliphatic rings. The zero-order valence-electron chi connectivity index (χ0n) is 75.0. The van der Waals surface area contributed by atoms with E-state index in [4.69, 9.17) is 34.6 Å². The van der Waals surface area contributed by atoms with Crippen LogP contribution in [0, 0.1) is 0 Å². The van der Waals surface area contributed by atoms with E-state index in [1.54, 1.807) is 12.4 Å². The van der Waals surface area contributed by atoms with Crippen molar-refractivity contribution in [1.82, 2.24) is 145 Å². The van der Waals surface area contributed by atoms with Gasteiger partial charge in [-0.1, -0.05) is 121 Å². The van der Waals surface area contributed by atoms with E-state index >= 15 is 0 Å². The summed E-state index contributed by atoms with van der Waals surface area (Å²) < 4.78 is 11.6. The van der Waals surface area contributed by atoms with E-state index in [0.717, 1.165) is 257 Å². The number of amides is 1. The van der Waals surface area contributed by atoms with Crippen molar-refractivity contribution in [2.45, 2.75) is 39.3 Å². The number of H-pyrrole nitrogens is 8. The maximum Gasteiger partial charge on any atom is 0.262 e. The number of para-hydroxylation sites is 4. The maximum atomic E-state index is 12.6. The Morgan fingerprint density at radius 1 is 0.314 bits per heavy atom. The van der Waals surface area contributed by atoms with E-state index in [9.17, 15) is 4.79 Å². The van der Waals surface area contributed by atoms with Crippen LogP contribution in [0.4, 0.5) is 5.69 Å². The lowest BCUT2D eigenvalue weighted by Crippen LogP contribution is -2.20. The SMILES string of the molecule is CN1Cc2cccc(c2)-c2cccc3[nH]c(nc23)-c2[nH]nc3ncc(cc23)-c2cnn(C)c2C1.CN1Cc2cccc(c2)-c2cccc3[nH]c(nc23)-c2n[nH]c3ccc(nc23)-c2cnn(C)c2C1.CN1Cc2cccc(c2)-c2cccc3[nH]c(nc23)-c2n[nH]c3cnc(cc23)-c2cnn(C)c2C1.O=C1COc2cccc(c2)-c2cccc3[nH]c(nc23)-c2n[nH]c3ccc(cc23)-c2cncc(c2)N1. The molecule has 0 radical (unpaired) electrons. The van der Waals surface area contributed by atoms with Gasteiger partial charge in [-0.05, 0) is 163 Å². The van der Waals surface area contributed by atoms with Gasteiger partial charge in [-0.15, -0.1) is 0 Å².